The molecule has 0 radical (unpaired) electrons. The van der Waals surface area contributed by atoms with Crippen LogP contribution in [0, 0.1) is 0 Å². The van der Waals surface area contributed by atoms with Gasteiger partial charge in [0.1, 0.15) is 5.75 Å². The number of nitrogens with one attached hydrogen (secondary N) is 1. The smallest absolute Gasteiger partial charge is 0.244 e. The van der Waals surface area contributed by atoms with Crippen molar-refractivity contribution in [1.82, 2.24) is 5.32 Å². The van der Waals surface area contributed by atoms with E-state index in [-0.39, 0.29) is 11.9 Å². The molecule has 0 aliphatic heterocycles. The molecule has 1 N–H and O–H groups in total. The standard InChI is InChI=1S/C21H25NO5/c1-14(16-8-6-7-9-17(16)24-2)22-20(23)11-10-15-12-18(25-3)21(27-5)19(13-15)26-4/h6-14H,1-5H3,(H,22,23)/b11-10+/t14-/m0/s1. The zero-order valence-electron chi connectivity index (χ0n) is 16.2. The Balaban J connectivity index is 2.14. The van der Waals surface area contributed by atoms with Gasteiger partial charge in [-0.2, -0.15) is 0 Å². The van der Waals surface area contributed by atoms with E-state index in [1.165, 1.54) is 6.08 Å². The second-order valence-electron chi connectivity index (χ2n) is 5.76. The first-order valence-electron chi connectivity index (χ1n) is 8.45. The molecule has 2 rings (SSSR count). The summed E-state index contributed by atoms with van der Waals surface area (Å²) in [7, 11) is 6.25. The molecule has 144 valence electrons. The van der Waals surface area contributed by atoms with Crippen LogP contribution in [-0.4, -0.2) is 34.3 Å². The third-order valence-corrected chi connectivity index (χ3v) is 4.08. The molecule has 6 nitrogen and oxygen atoms in total. The van der Waals surface area contributed by atoms with Crippen molar-refractivity contribution in [1.29, 1.82) is 0 Å². The van der Waals surface area contributed by atoms with Crippen molar-refractivity contribution >= 4 is 12.0 Å². The predicted octanol–water partition coefficient (Wildman–Crippen LogP) is 3.61. The summed E-state index contributed by atoms with van der Waals surface area (Å²) in [5, 5.41) is 2.93. The maximum atomic E-state index is 12.3. The molecule has 0 saturated heterocycles. The van der Waals surface area contributed by atoms with E-state index < -0.39 is 0 Å². The highest BCUT2D eigenvalue weighted by atomic mass is 16.5. The second kappa shape index (κ2) is 9.52. The number of ether oxygens (including phenoxy) is 4. The number of benzene rings is 2. The van der Waals surface area contributed by atoms with Crippen LogP contribution in [0.25, 0.3) is 6.08 Å². The first-order chi connectivity index (χ1) is 13.0. The summed E-state index contributed by atoms with van der Waals surface area (Å²) in [4.78, 5) is 12.3. The fraction of sp³-hybridized carbons (Fsp3) is 0.286. The van der Waals surface area contributed by atoms with Crippen LogP contribution in [-0.2, 0) is 4.79 Å². The van der Waals surface area contributed by atoms with Gasteiger partial charge in [0.05, 0.1) is 34.5 Å². The third-order valence-electron chi connectivity index (χ3n) is 4.08. The molecule has 1 atom stereocenters. The number of methoxy groups -OCH3 is 4. The van der Waals surface area contributed by atoms with E-state index in [1.54, 1.807) is 46.6 Å². The van der Waals surface area contributed by atoms with Gasteiger partial charge in [-0.1, -0.05) is 18.2 Å². The topological polar surface area (TPSA) is 66.0 Å². The minimum absolute atomic E-state index is 0.196. The molecule has 2 aromatic carbocycles. The quantitative estimate of drug-likeness (QED) is 0.718. The van der Waals surface area contributed by atoms with Crippen LogP contribution in [0.4, 0.5) is 0 Å². The van der Waals surface area contributed by atoms with Crippen molar-refractivity contribution in [2.45, 2.75) is 13.0 Å². The molecule has 2 aromatic rings. The number of hydrogen-bond acceptors (Lipinski definition) is 5. The van der Waals surface area contributed by atoms with Gasteiger partial charge < -0.3 is 24.3 Å². The van der Waals surface area contributed by atoms with Crippen LogP contribution in [0.15, 0.2) is 42.5 Å². The molecule has 1 amide bonds. The van der Waals surface area contributed by atoms with Gasteiger partial charge in [0.15, 0.2) is 11.5 Å². The van der Waals surface area contributed by atoms with E-state index in [0.29, 0.717) is 17.2 Å². The Morgan fingerprint density at radius 1 is 0.926 bits per heavy atom. The Hall–Kier alpha value is -3.15. The van der Waals surface area contributed by atoms with E-state index in [2.05, 4.69) is 5.32 Å². The van der Waals surface area contributed by atoms with Crippen molar-refractivity contribution in [3.63, 3.8) is 0 Å². The second-order valence-corrected chi connectivity index (χ2v) is 5.76. The van der Waals surface area contributed by atoms with Gasteiger partial charge in [-0.25, -0.2) is 0 Å². The summed E-state index contributed by atoms with van der Waals surface area (Å²) < 4.78 is 21.3. The zero-order chi connectivity index (χ0) is 19.8. The fourth-order valence-electron chi connectivity index (χ4n) is 2.73. The molecule has 0 aliphatic rings. The molecular formula is C21H25NO5. The van der Waals surface area contributed by atoms with Crippen LogP contribution in [0.2, 0.25) is 0 Å². The SMILES string of the molecule is COc1ccccc1[C@H](C)NC(=O)/C=C/c1cc(OC)c(OC)c(OC)c1. The van der Waals surface area contributed by atoms with Crippen molar-refractivity contribution in [3.05, 3.63) is 53.6 Å². The fourth-order valence-corrected chi connectivity index (χ4v) is 2.73. The van der Waals surface area contributed by atoms with Crippen molar-refractivity contribution in [2.24, 2.45) is 0 Å². The lowest BCUT2D eigenvalue weighted by atomic mass is 10.1. The number of rotatable bonds is 8. The predicted molar refractivity (Wildman–Crippen MR) is 105 cm³/mol. The number of carbonyl (C=O) groups is 1. The first-order valence-corrected chi connectivity index (χ1v) is 8.45. The first kappa shape index (κ1) is 20.2. The molecule has 27 heavy (non-hydrogen) atoms. The molecule has 0 fully saturated rings. The molecule has 0 unspecified atom stereocenters. The maximum Gasteiger partial charge on any atom is 0.244 e. The number of hydrogen-bond donors (Lipinski definition) is 1. The number of carbonyl (C=O) groups excluding carboxylic acids is 1. The summed E-state index contributed by atoms with van der Waals surface area (Å²) in [6.45, 7) is 1.91. The lowest BCUT2D eigenvalue weighted by Gasteiger charge is -2.16. The van der Waals surface area contributed by atoms with Gasteiger partial charge in [-0.3, -0.25) is 4.79 Å². The normalized spacial score (nSPS) is 11.7. The van der Waals surface area contributed by atoms with Gasteiger partial charge in [-0.05, 0) is 36.8 Å². The molecule has 0 saturated carbocycles. The monoisotopic (exact) mass is 371 g/mol. The lowest BCUT2D eigenvalue weighted by molar-refractivity contribution is -0.117. The minimum Gasteiger partial charge on any atom is -0.496 e. The van der Waals surface area contributed by atoms with Crippen LogP contribution < -0.4 is 24.3 Å². The van der Waals surface area contributed by atoms with Gasteiger partial charge in [0, 0.05) is 11.6 Å². The Labute approximate surface area is 159 Å². The number of para-hydroxylation sites is 1. The molecule has 6 heteroatoms. The van der Waals surface area contributed by atoms with Gasteiger partial charge >= 0.3 is 0 Å². The molecule has 0 aliphatic carbocycles. The molecular weight excluding hydrogens is 346 g/mol. The third kappa shape index (κ3) is 4.94. The van der Waals surface area contributed by atoms with E-state index in [4.69, 9.17) is 18.9 Å². The molecule has 0 spiro atoms. The highest BCUT2D eigenvalue weighted by molar-refractivity contribution is 5.92. The summed E-state index contributed by atoms with van der Waals surface area (Å²) in [5.74, 6) is 2.08. The van der Waals surface area contributed by atoms with Crippen molar-refractivity contribution in [2.75, 3.05) is 28.4 Å². The van der Waals surface area contributed by atoms with E-state index in [1.807, 2.05) is 31.2 Å². The van der Waals surface area contributed by atoms with E-state index >= 15 is 0 Å². The van der Waals surface area contributed by atoms with Crippen LogP contribution in [0.1, 0.15) is 24.1 Å². The van der Waals surface area contributed by atoms with Gasteiger partial charge in [0.2, 0.25) is 11.7 Å². The van der Waals surface area contributed by atoms with E-state index in [9.17, 15) is 4.79 Å². The Kier molecular flexibility index (Phi) is 7.11. The summed E-state index contributed by atoms with van der Waals surface area (Å²) in [6, 6.07) is 10.9. The van der Waals surface area contributed by atoms with Crippen molar-refractivity contribution < 1.29 is 23.7 Å². The lowest BCUT2D eigenvalue weighted by Crippen LogP contribution is -2.24. The Morgan fingerprint density at radius 3 is 2.07 bits per heavy atom. The average Bonchev–Trinajstić information content (AvgIpc) is 2.71. The van der Waals surface area contributed by atoms with Gasteiger partial charge in [0.25, 0.3) is 0 Å². The van der Waals surface area contributed by atoms with Crippen LogP contribution in [0.3, 0.4) is 0 Å². The number of amides is 1. The van der Waals surface area contributed by atoms with Crippen molar-refractivity contribution in [3.8, 4) is 23.0 Å². The molecule has 0 heterocycles. The van der Waals surface area contributed by atoms with Gasteiger partial charge in [-0.15, -0.1) is 0 Å². The highest BCUT2D eigenvalue weighted by Gasteiger charge is 2.14. The average molecular weight is 371 g/mol. The minimum atomic E-state index is -0.220. The Bertz CT molecular complexity index is 791. The molecule has 0 aromatic heterocycles. The maximum absolute atomic E-state index is 12.3. The largest absolute Gasteiger partial charge is 0.496 e. The highest BCUT2D eigenvalue weighted by Crippen LogP contribution is 2.38. The zero-order valence-corrected chi connectivity index (χ0v) is 16.2. The van der Waals surface area contributed by atoms with E-state index in [0.717, 1.165) is 16.9 Å². The summed E-state index contributed by atoms with van der Waals surface area (Å²) in [5.41, 5.74) is 1.67. The van der Waals surface area contributed by atoms with Crippen LogP contribution in [0.5, 0.6) is 23.0 Å². The summed E-state index contributed by atoms with van der Waals surface area (Å²) in [6.07, 6.45) is 3.15. The Morgan fingerprint density at radius 2 is 1.52 bits per heavy atom. The van der Waals surface area contributed by atoms with Crippen LogP contribution >= 0.6 is 0 Å². The molecule has 0 bridgehead atoms. The summed E-state index contributed by atoms with van der Waals surface area (Å²) >= 11 is 0.